The van der Waals surface area contributed by atoms with Gasteiger partial charge >= 0.3 is 0 Å². The van der Waals surface area contributed by atoms with Crippen LogP contribution < -0.4 is 0 Å². The van der Waals surface area contributed by atoms with Crippen LogP contribution >= 0.6 is 11.8 Å². The van der Waals surface area contributed by atoms with Crippen LogP contribution in [-0.2, 0) is 12.2 Å². The van der Waals surface area contributed by atoms with Crippen molar-refractivity contribution in [2.75, 3.05) is 0 Å². The summed E-state index contributed by atoms with van der Waals surface area (Å²) < 4.78 is 26.3. The van der Waals surface area contributed by atoms with Crippen LogP contribution in [0, 0.1) is 11.6 Å². The Morgan fingerprint density at radius 3 is 2.88 bits per heavy atom. The topological polar surface area (TPSA) is 41.6 Å². The van der Waals surface area contributed by atoms with E-state index in [2.05, 4.69) is 15.2 Å². The maximum Gasteiger partial charge on any atom is 0.208 e. The number of hydrogen-bond donors (Lipinski definition) is 1. The Kier molecular flexibility index (Phi) is 3.73. The number of thioether (sulfide) groups is 1. The minimum atomic E-state index is -0.827. The molecule has 2 rings (SSSR count). The first-order valence-corrected chi connectivity index (χ1v) is 6.16. The molecule has 0 amide bonds. The van der Waals surface area contributed by atoms with Gasteiger partial charge in [-0.3, -0.25) is 5.10 Å². The van der Waals surface area contributed by atoms with Crippen molar-refractivity contribution in [2.24, 2.45) is 0 Å². The van der Waals surface area contributed by atoms with Gasteiger partial charge in [-0.15, -0.1) is 5.10 Å². The standard InChI is InChI=1S/C11H11F2N3S/c1-2-9-14-11(16-15-9)17-6-7-4-3-5-8(12)10(7)13/h3-5H,2,6H2,1H3,(H,14,15,16). The number of H-pyrrole nitrogens is 1. The molecular weight excluding hydrogens is 244 g/mol. The van der Waals surface area contributed by atoms with Gasteiger partial charge in [0.15, 0.2) is 11.6 Å². The van der Waals surface area contributed by atoms with Gasteiger partial charge in [-0.05, 0) is 6.07 Å². The van der Waals surface area contributed by atoms with Gasteiger partial charge in [0.05, 0.1) is 0 Å². The third kappa shape index (κ3) is 2.82. The first kappa shape index (κ1) is 12.0. The third-order valence-corrected chi connectivity index (χ3v) is 3.13. The number of nitrogens with zero attached hydrogens (tertiary/aromatic N) is 2. The van der Waals surface area contributed by atoms with E-state index >= 15 is 0 Å². The van der Waals surface area contributed by atoms with Crippen LogP contribution in [0.3, 0.4) is 0 Å². The van der Waals surface area contributed by atoms with E-state index in [0.717, 1.165) is 18.3 Å². The average Bonchev–Trinajstić information content (AvgIpc) is 2.79. The molecule has 0 saturated heterocycles. The second-order valence-corrected chi connectivity index (χ2v) is 4.36. The second-order valence-electron chi connectivity index (χ2n) is 3.42. The molecule has 0 radical (unpaired) electrons. The van der Waals surface area contributed by atoms with Crippen molar-refractivity contribution in [3.63, 3.8) is 0 Å². The molecule has 1 N–H and O–H groups in total. The van der Waals surface area contributed by atoms with Gasteiger partial charge in [0.1, 0.15) is 5.82 Å². The van der Waals surface area contributed by atoms with Gasteiger partial charge in [0.25, 0.3) is 0 Å². The van der Waals surface area contributed by atoms with Gasteiger partial charge in [-0.25, -0.2) is 13.8 Å². The molecule has 0 bridgehead atoms. The number of aryl methyl sites for hydroxylation is 1. The molecule has 0 atom stereocenters. The molecule has 6 heteroatoms. The van der Waals surface area contributed by atoms with E-state index < -0.39 is 11.6 Å². The fourth-order valence-electron chi connectivity index (χ4n) is 1.30. The van der Waals surface area contributed by atoms with E-state index in [4.69, 9.17) is 0 Å². The highest BCUT2D eigenvalue weighted by atomic mass is 32.2. The number of halogens is 2. The molecule has 0 aliphatic rings. The highest BCUT2D eigenvalue weighted by Gasteiger charge is 2.09. The van der Waals surface area contributed by atoms with E-state index in [9.17, 15) is 8.78 Å². The van der Waals surface area contributed by atoms with E-state index in [1.165, 1.54) is 17.8 Å². The first-order valence-electron chi connectivity index (χ1n) is 5.17. The summed E-state index contributed by atoms with van der Waals surface area (Å²) in [4.78, 5) is 4.18. The summed E-state index contributed by atoms with van der Waals surface area (Å²) >= 11 is 1.27. The van der Waals surface area contributed by atoms with E-state index in [0.29, 0.717) is 16.5 Å². The summed E-state index contributed by atoms with van der Waals surface area (Å²) in [5, 5.41) is 7.28. The number of hydrogen-bond acceptors (Lipinski definition) is 3. The summed E-state index contributed by atoms with van der Waals surface area (Å²) in [5.41, 5.74) is 0.317. The summed E-state index contributed by atoms with van der Waals surface area (Å²) in [6.45, 7) is 1.96. The van der Waals surface area contributed by atoms with Crippen LogP contribution in [0.4, 0.5) is 8.78 Å². The largest absolute Gasteiger partial charge is 0.262 e. The Balaban J connectivity index is 2.04. The molecule has 0 aliphatic heterocycles. The van der Waals surface area contributed by atoms with Crippen LogP contribution in [0.5, 0.6) is 0 Å². The van der Waals surface area contributed by atoms with Crippen LogP contribution in [0.1, 0.15) is 18.3 Å². The Morgan fingerprint density at radius 1 is 1.35 bits per heavy atom. The number of aromatic amines is 1. The number of benzene rings is 1. The van der Waals surface area contributed by atoms with Gasteiger partial charge < -0.3 is 0 Å². The Labute approximate surface area is 102 Å². The molecule has 17 heavy (non-hydrogen) atoms. The lowest BCUT2D eigenvalue weighted by atomic mass is 10.2. The molecule has 3 nitrogen and oxygen atoms in total. The lowest BCUT2D eigenvalue weighted by Gasteiger charge is -2.01. The minimum Gasteiger partial charge on any atom is -0.262 e. The monoisotopic (exact) mass is 255 g/mol. The molecule has 2 aromatic rings. The van der Waals surface area contributed by atoms with Gasteiger partial charge in [-0.2, -0.15) is 0 Å². The van der Waals surface area contributed by atoms with Gasteiger partial charge in [0.2, 0.25) is 5.16 Å². The highest BCUT2D eigenvalue weighted by molar-refractivity contribution is 7.98. The molecule has 1 aromatic carbocycles. The lowest BCUT2D eigenvalue weighted by molar-refractivity contribution is 0.502. The molecular formula is C11H11F2N3S. The van der Waals surface area contributed by atoms with Crippen LogP contribution in [0.2, 0.25) is 0 Å². The summed E-state index contributed by atoms with van der Waals surface area (Å²) in [5.74, 6) is -0.532. The zero-order valence-corrected chi connectivity index (χ0v) is 10.0. The van der Waals surface area contributed by atoms with Crippen LogP contribution in [0.25, 0.3) is 0 Å². The van der Waals surface area contributed by atoms with Crippen molar-refractivity contribution in [1.82, 2.24) is 15.2 Å². The first-order chi connectivity index (χ1) is 8.20. The van der Waals surface area contributed by atoms with E-state index in [1.807, 2.05) is 6.92 Å². The molecule has 0 saturated carbocycles. The predicted molar refractivity (Wildman–Crippen MR) is 61.7 cm³/mol. The Hall–Kier alpha value is -1.43. The molecule has 90 valence electrons. The molecule has 1 heterocycles. The van der Waals surface area contributed by atoms with E-state index in [-0.39, 0.29) is 0 Å². The minimum absolute atomic E-state index is 0.310. The fourth-order valence-corrected chi connectivity index (χ4v) is 2.10. The summed E-state index contributed by atoms with van der Waals surface area (Å²) in [6, 6.07) is 4.15. The lowest BCUT2D eigenvalue weighted by Crippen LogP contribution is -1.92. The molecule has 0 fully saturated rings. The van der Waals surface area contributed by atoms with Crippen molar-refractivity contribution >= 4 is 11.8 Å². The zero-order valence-electron chi connectivity index (χ0n) is 9.20. The maximum absolute atomic E-state index is 13.3. The van der Waals surface area contributed by atoms with Gasteiger partial charge in [-0.1, -0.05) is 30.8 Å². The van der Waals surface area contributed by atoms with Crippen LogP contribution in [0.15, 0.2) is 23.4 Å². The van der Waals surface area contributed by atoms with Crippen LogP contribution in [-0.4, -0.2) is 15.2 Å². The second kappa shape index (κ2) is 5.27. The van der Waals surface area contributed by atoms with Crippen molar-refractivity contribution in [3.05, 3.63) is 41.2 Å². The molecule has 0 spiro atoms. The normalized spacial score (nSPS) is 10.8. The van der Waals surface area contributed by atoms with Gasteiger partial charge in [0, 0.05) is 17.7 Å². The fraction of sp³-hybridized carbons (Fsp3) is 0.273. The SMILES string of the molecule is CCc1nc(SCc2cccc(F)c2F)n[nH]1. The Bertz CT molecular complexity index is 513. The third-order valence-electron chi connectivity index (χ3n) is 2.23. The highest BCUT2D eigenvalue weighted by Crippen LogP contribution is 2.22. The zero-order chi connectivity index (χ0) is 12.3. The van der Waals surface area contributed by atoms with Crippen molar-refractivity contribution in [1.29, 1.82) is 0 Å². The molecule has 0 unspecified atom stereocenters. The molecule has 0 aliphatic carbocycles. The number of rotatable bonds is 4. The van der Waals surface area contributed by atoms with E-state index in [1.54, 1.807) is 6.07 Å². The number of nitrogens with one attached hydrogen (secondary N) is 1. The predicted octanol–water partition coefficient (Wildman–Crippen LogP) is 2.94. The molecule has 1 aromatic heterocycles. The van der Waals surface area contributed by atoms with Crippen molar-refractivity contribution < 1.29 is 8.78 Å². The van der Waals surface area contributed by atoms with Crippen molar-refractivity contribution in [2.45, 2.75) is 24.3 Å². The quantitative estimate of drug-likeness (QED) is 0.854. The summed E-state index contributed by atoms with van der Waals surface area (Å²) in [7, 11) is 0. The summed E-state index contributed by atoms with van der Waals surface area (Å²) in [6.07, 6.45) is 0.766. The Morgan fingerprint density at radius 2 is 2.18 bits per heavy atom. The maximum atomic E-state index is 13.3. The average molecular weight is 255 g/mol. The van der Waals surface area contributed by atoms with Crippen molar-refractivity contribution in [3.8, 4) is 0 Å². The number of aromatic nitrogens is 3. The smallest absolute Gasteiger partial charge is 0.208 e.